The minimum atomic E-state index is -1.20. The number of pyridine rings is 1. The largest absolute Gasteiger partial charge is 0.464 e. The zero-order valence-electron chi connectivity index (χ0n) is 14.5. The topological polar surface area (TPSA) is 103 Å². The molecule has 0 spiro atoms. The number of nitrogens with zero attached hydrogens (tertiary/aromatic N) is 2. The molecule has 3 rings (SSSR count). The molecule has 0 aliphatic heterocycles. The number of ether oxygens (including phenoxy) is 2. The number of carboxylic acid groups (broad SMARTS) is 1. The molecule has 9 heteroatoms. The smallest absolute Gasteiger partial charge is 0.416 e. The van der Waals surface area contributed by atoms with E-state index in [-0.39, 0.29) is 34.8 Å². The van der Waals surface area contributed by atoms with E-state index < -0.39 is 17.8 Å². The van der Waals surface area contributed by atoms with E-state index in [1.54, 1.807) is 6.92 Å². The van der Waals surface area contributed by atoms with Crippen LogP contribution in [0.2, 0.25) is 0 Å². The van der Waals surface area contributed by atoms with Gasteiger partial charge >= 0.3 is 6.09 Å². The lowest BCUT2D eigenvalue weighted by Crippen LogP contribution is -2.26. The van der Waals surface area contributed by atoms with Gasteiger partial charge in [-0.15, -0.1) is 0 Å². The van der Waals surface area contributed by atoms with E-state index in [1.807, 2.05) is 0 Å². The van der Waals surface area contributed by atoms with Gasteiger partial charge in [0, 0.05) is 30.5 Å². The Hall–Kier alpha value is -3.46. The molecular weight excluding hydrogens is 357 g/mol. The quantitative estimate of drug-likeness (QED) is 0.666. The summed E-state index contributed by atoms with van der Waals surface area (Å²) >= 11 is 0. The van der Waals surface area contributed by atoms with Crippen LogP contribution in [-0.2, 0) is 4.74 Å². The highest BCUT2D eigenvalue weighted by molar-refractivity contribution is 5.93. The third kappa shape index (κ3) is 3.58. The standard InChI is InChI=1S/C18H16FN3O5/c1-10-7-12-14(22(10)18(24)25)3-4-15(16(12)19)27-11-5-6-20-13(8-11)17(23)21-9-26-2/h3-8H,9H2,1-2H3,(H,21,23)(H,24,25). The molecule has 0 aliphatic carbocycles. The molecule has 2 N–H and O–H groups in total. The van der Waals surface area contributed by atoms with Crippen molar-refractivity contribution in [3.8, 4) is 11.5 Å². The first-order valence-corrected chi connectivity index (χ1v) is 7.87. The fourth-order valence-corrected chi connectivity index (χ4v) is 2.65. The summed E-state index contributed by atoms with van der Waals surface area (Å²) in [6.07, 6.45) is 0.162. The second-order valence-corrected chi connectivity index (χ2v) is 5.63. The number of aryl methyl sites for hydroxylation is 1. The van der Waals surface area contributed by atoms with Crippen molar-refractivity contribution in [1.29, 1.82) is 0 Å². The first-order valence-electron chi connectivity index (χ1n) is 7.87. The van der Waals surface area contributed by atoms with Crippen molar-refractivity contribution in [2.24, 2.45) is 0 Å². The predicted molar refractivity (Wildman–Crippen MR) is 93.7 cm³/mol. The Bertz CT molecular complexity index is 1030. The van der Waals surface area contributed by atoms with E-state index in [0.29, 0.717) is 5.69 Å². The molecule has 2 heterocycles. The van der Waals surface area contributed by atoms with E-state index in [4.69, 9.17) is 9.47 Å². The van der Waals surface area contributed by atoms with Crippen LogP contribution in [0.5, 0.6) is 11.5 Å². The van der Waals surface area contributed by atoms with Crippen molar-refractivity contribution in [2.75, 3.05) is 13.8 Å². The molecule has 0 atom stereocenters. The van der Waals surface area contributed by atoms with Gasteiger partial charge in [-0.05, 0) is 31.2 Å². The van der Waals surface area contributed by atoms with Crippen molar-refractivity contribution in [1.82, 2.24) is 14.9 Å². The first kappa shape index (κ1) is 18.3. The van der Waals surface area contributed by atoms with Gasteiger partial charge in [-0.2, -0.15) is 0 Å². The fraction of sp³-hybridized carbons (Fsp3) is 0.167. The van der Waals surface area contributed by atoms with Crippen LogP contribution in [0.1, 0.15) is 16.2 Å². The number of carbonyl (C=O) groups excluding carboxylic acids is 1. The van der Waals surface area contributed by atoms with Gasteiger partial charge in [0.25, 0.3) is 5.91 Å². The number of halogens is 1. The average Bonchev–Trinajstić information content (AvgIpc) is 2.99. The summed E-state index contributed by atoms with van der Waals surface area (Å²) in [5.41, 5.74) is 0.688. The van der Waals surface area contributed by atoms with Gasteiger partial charge in [-0.25, -0.2) is 13.8 Å². The summed E-state index contributed by atoms with van der Waals surface area (Å²) in [4.78, 5) is 27.2. The van der Waals surface area contributed by atoms with Crippen molar-refractivity contribution in [3.63, 3.8) is 0 Å². The summed E-state index contributed by atoms with van der Waals surface area (Å²) in [6, 6.07) is 7.07. The molecule has 8 nitrogen and oxygen atoms in total. The summed E-state index contributed by atoms with van der Waals surface area (Å²) in [6.45, 7) is 1.60. The second-order valence-electron chi connectivity index (χ2n) is 5.63. The SMILES string of the molecule is COCNC(=O)c1cc(Oc2ccc3c(cc(C)n3C(=O)O)c2F)ccn1. The van der Waals surface area contributed by atoms with E-state index in [2.05, 4.69) is 10.3 Å². The van der Waals surface area contributed by atoms with E-state index in [9.17, 15) is 19.1 Å². The van der Waals surface area contributed by atoms with E-state index in [0.717, 1.165) is 4.57 Å². The van der Waals surface area contributed by atoms with Gasteiger partial charge in [0.15, 0.2) is 11.6 Å². The average molecular weight is 373 g/mol. The molecule has 140 valence electrons. The van der Waals surface area contributed by atoms with Crippen LogP contribution < -0.4 is 10.1 Å². The number of amides is 1. The van der Waals surface area contributed by atoms with Gasteiger partial charge < -0.3 is 19.9 Å². The minimum Gasteiger partial charge on any atom is -0.464 e. The lowest BCUT2D eigenvalue weighted by Gasteiger charge is -2.09. The Kier molecular flexibility index (Phi) is 5.04. The Morgan fingerprint density at radius 2 is 2.07 bits per heavy atom. The van der Waals surface area contributed by atoms with Gasteiger partial charge in [0.1, 0.15) is 18.2 Å². The van der Waals surface area contributed by atoms with E-state index in [1.165, 1.54) is 43.6 Å². The lowest BCUT2D eigenvalue weighted by molar-refractivity contribution is 0.0866. The number of methoxy groups -OCH3 is 1. The Morgan fingerprint density at radius 3 is 2.78 bits per heavy atom. The van der Waals surface area contributed by atoms with Gasteiger partial charge in [0.05, 0.1) is 5.52 Å². The van der Waals surface area contributed by atoms with Crippen LogP contribution in [0.4, 0.5) is 9.18 Å². The highest BCUT2D eigenvalue weighted by Crippen LogP contribution is 2.32. The van der Waals surface area contributed by atoms with Crippen molar-refractivity contribution in [2.45, 2.75) is 6.92 Å². The molecule has 2 aromatic heterocycles. The summed E-state index contributed by atoms with van der Waals surface area (Å²) in [7, 11) is 1.44. The maximum Gasteiger partial charge on any atom is 0.416 e. The number of fused-ring (bicyclic) bond motifs is 1. The Balaban J connectivity index is 1.92. The number of nitrogens with one attached hydrogen (secondary N) is 1. The number of hydrogen-bond donors (Lipinski definition) is 2. The minimum absolute atomic E-state index is 0.0246. The number of carbonyl (C=O) groups is 2. The maximum atomic E-state index is 14.8. The molecule has 1 aromatic carbocycles. The molecular formula is C18H16FN3O5. The molecule has 3 aromatic rings. The lowest BCUT2D eigenvalue weighted by atomic mass is 10.2. The Labute approximate surface area is 153 Å². The molecule has 1 amide bonds. The normalized spacial score (nSPS) is 10.8. The molecule has 0 radical (unpaired) electrons. The van der Waals surface area contributed by atoms with Crippen LogP contribution in [0, 0.1) is 12.7 Å². The zero-order chi connectivity index (χ0) is 19.6. The first-order chi connectivity index (χ1) is 12.9. The molecule has 0 aliphatic rings. The Morgan fingerprint density at radius 1 is 1.30 bits per heavy atom. The zero-order valence-corrected chi connectivity index (χ0v) is 14.5. The molecule has 0 bridgehead atoms. The molecule has 0 saturated heterocycles. The third-order valence-electron chi connectivity index (χ3n) is 3.83. The van der Waals surface area contributed by atoms with Gasteiger partial charge in [0.2, 0.25) is 0 Å². The maximum absolute atomic E-state index is 14.8. The van der Waals surface area contributed by atoms with Gasteiger partial charge in [-0.3, -0.25) is 9.78 Å². The van der Waals surface area contributed by atoms with Crippen LogP contribution >= 0.6 is 0 Å². The summed E-state index contributed by atoms with van der Waals surface area (Å²) in [5, 5.41) is 11.9. The molecule has 0 fully saturated rings. The number of benzene rings is 1. The fourth-order valence-electron chi connectivity index (χ4n) is 2.65. The van der Waals surface area contributed by atoms with Crippen molar-refractivity contribution in [3.05, 3.63) is 53.7 Å². The van der Waals surface area contributed by atoms with Gasteiger partial charge in [-0.1, -0.05) is 0 Å². The second kappa shape index (κ2) is 7.42. The molecule has 0 saturated carbocycles. The van der Waals surface area contributed by atoms with Crippen LogP contribution in [-0.4, -0.2) is 40.5 Å². The highest BCUT2D eigenvalue weighted by atomic mass is 19.1. The molecule has 0 unspecified atom stereocenters. The van der Waals surface area contributed by atoms with Crippen molar-refractivity contribution < 1.29 is 28.6 Å². The van der Waals surface area contributed by atoms with Crippen LogP contribution in [0.25, 0.3) is 10.9 Å². The van der Waals surface area contributed by atoms with Crippen LogP contribution in [0.15, 0.2) is 36.5 Å². The monoisotopic (exact) mass is 373 g/mol. The van der Waals surface area contributed by atoms with E-state index >= 15 is 0 Å². The third-order valence-corrected chi connectivity index (χ3v) is 3.83. The number of hydrogen-bond acceptors (Lipinski definition) is 5. The predicted octanol–water partition coefficient (Wildman–Crippen LogP) is 3.14. The summed E-state index contributed by atoms with van der Waals surface area (Å²) < 4.78 is 26.1. The number of rotatable bonds is 5. The van der Waals surface area contributed by atoms with Crippen molar-refractivity contribution >= 4 is 22.9 Å². The molecule has 27 heavy (non-hydrogen) atoms. The number of aromatic nitrogens is 2. The summed E-state index contributed by atoms with van der Waals surface area (Å²) in [5.74, 6) is -1.05. The van der Waals surface area contributed by atoms with Crippen LogP contribution in [0.3, 0.4) is 0 Å². The highest BCUT2D eigenvalue weighted by Gasteiger charge is 2.18.